The zero-order valence-electron chi connectivity index (χ0n) is 21.6. The van der Waals surface area contributed by atoms with Gasteiger partial charge >= 0.3 is 0 Å². The van der Waals surface area contributed by atoms with Crippen LogP contribution in [0.15, 0.2) is 49.6 Å². The predicted molar refractivity (Wildman–Crippen MR) is 142 cm³/mol. The van der Waals surface area contributed by atoms with E-state index in [1.165, 1.54) is 0 Å². The van der Waals surface area contributed by atoms with Crippen LogP contribution in [0.4, 0.5) is 5.69 Å². The molecule has 200 valence electrons. The normalized spacial score (nSPS) is 29.8. The van der Waals surface area contributed by atoms with Gasteiger partial charge in [-0.2, -0.15) is 0 Å². The number of fused-ring (bicyclic) bond motifs is 1. The fourth-order valence-electron chi connectivity index (χ4n) is 6.46. The van der Waals surface area contributed by atoms with Crippen LogP contribution >= 0.6 is 11.6 Å². The Morgan fingerprint density at radius 1 is 1.16 bits per heavy atom. The maximum Gasteiger partial charge on any atom is 0.253 e. The average Bonchev–Trinajstić information content (AvgIpc) is 3.43. The molecule has 1 N–H and O–H groups in total. The number of unbranched alkanes of at least 4 members (excludes halogenated alkanes) is 1. The van der Waals surface area contributed by atoms with Crippen molar-refractivity contribution in [3.63, 3.8) is 0 Å². The van der Waals surface area contributed by atoms with E-state index < -0.39 is 29.1 Å². The number of likely N-dealkylation sites (N-methyl/N-ethyl adjacent to an activating group) is 1. The third-order valence-corrected chi connectivity index (χ3v) is 8.33. The van der Waals surface area contributed by atoms with Crippen LogP contribution in [0.3, 0.4) is 0 Å². The molecule has 3 amide bonds. The number of hydrogen-bond acceptors (Lipinski definition) is 5. The lowest BCUT2D eigenvalue weighted by atomic mass is 9.66. The van der Waals surface area contributed by atoms with Gasteiger partial charge in [0.25, 0.3) is 5.91 Å². The molecule has 2 bridgehead atoms. The van der Waals surface area contributed by atoms with Gasteiger partial charge in [-0.05, 0) is 56.9 Å². The Morgan fingerprint density at radius 3 is 2.46 bits per heavy atom. The molecule has 3 aliphatic rings. The number of amides is 3. The second kappa shape index (κ2) is 10.6. The molecule has 1 aromatic rings. The summed E-state index contributed by atoms with van der Waals surface area (Å²) in [5, 5.41) is 9.90. The third kappa shape index (κ3) is 4.49. The summed E-state index contributed by atoms with van der Waals surface area (Å²) in [6.07, 6.45) is 5.39. The molecule has 1 aromatic carbocycles. The van der Waals surface area contributed by atoms with Crippen molar-refractivity contribution in [1.82, 2.24) is 9.80 Å². The first-order valence-electron chi connectivity index (χ1n) is 12.8. The van der Waals surface area contributed by atoms with Crippen molar-refractivity contribution in [1.29, 1.82) is 0 Å². The van der Waals surface area contributed by atoms with E-state index in [2.05, 4.69) is 13.2 Å². The molecule has 2 unspecified atom stereocenters. The summed E-state index contributed by atoms with van der Waals surface area (Å²) in [7, 11) is 1.69. The number of halogens is 1. The largest absolute Gasteiger partial charge is 0.396 e. The third-order valence-electron chi connectivity index (χ3n) is 8.08. The van der Waals surface area contributed by atoms with Crippen molar-refractivity contribution in [3.05, 3.63) is 54.6 Å². The van der Waals surface area contributed by atoms with E-state index in [1.807, 2.05) is 6.92 Å². The monoisotopic (exact) mass is 529 g/mol. The van der Waals surface area contributed by atoms with E-state index in [9.17, 15) is 19.5 Å². The second-order valence-corrected chi connectivity index (χ2v) is 10.8. The van der Waals surface area contributed by atoms with Crippen LogP contribution in [0, 0.1) is 11.8 Å². The number of likely N-dealkylation sites (tertiary alicyclic amines) is 1. The Bertz CT molecular complexity index is 1080. The van der Waals surface area contributed by atoms with E-state index in [0.717, 1.165) is 0 Å². The van der Waals surface area contributed by atoms with E-state index in [-0.39, 0.29) is 30.9 Å². The summed E-state index contributed by atoms with van der Waals surface area (Å²) in [4.78, 5) is 46.8. The highest BCUT2D eigenvalue weighted by Gasteiger charge is 2.78. The Hall–Kier alpha value is -2.68. The highest BCUT2D eigenvalue weighted by molar-refractivity contribution is 6.30. The molecular formula is C28H36ClN3O5. The number of rotatable bonds is 11. The maximum absolute atomic E-state index is 14.4. The van der Waals surface area contributed by atoms with Gasteiger partial charge in [0, 0.05) is 44.0 Å². The van der Waals surface area contributed by atoms with Gasteiger partial charge in [0.15, 0.2) is 0 Å². The zero-order valence-corrected chi connectivity index (χ0v) is 22.3. The minimum absolute atomic E-state index is 0.00932. The van der Waals surface area contributed by atoms with E-state index in [1.54, 1.807) is 58.2 Å². The van der Waals surface area contributed by atoms with Crippen LogP contribution in [-0.4, -0.2) is 83.2 Å². The number of benzene rings is 1. The predicted octanol–water partition coefficient (Wildman–Crippen LogP) is 3.04. The molecule has 5 atom stereocenters. The van der Waals surface area contributed by atoms with Crippen molar-refractivity contribution in [2.45, 2.75) is 49.9 Å². The van der Waals surface area contributed by atoms with Gasteiger partial charge < -0.3 is 24.5 Å². The van der Waals surface area contributed by atoms with Crippen LogP contribution < -0.4 is 4.90 Å². The van der Waals surface area contributed by atoms with E-state index >= 15 is 0 Å². The number of carbonyl (C=O) groups excluding carboxylic acids is 3. The summed E-state index contributed by atoms with van der Waals surface area (Å²) in [6.45, 7) is 10.3. The van der Waals surface area contributed by atoms with Crippen LogP contribution in [-0.2, 0) is 19.1 Å². The number of carbonyl (C=O) groups is 3. The fourth-order valence-corrected chi connectivity index (χ4v) is 6.58. The van der Waals surface area contributed by atoms with Gasteiger partial charge in [0.2, 0.25) is 11.8 Å². The minimum Gasteiger partial charge on any atom is -0.396 e. The van der Waals surface area contributed by atoms with Crippen molar-refractivity contribution >= 4 is 35.0 Å². The van der Waals surface area contributed by atoms with Gasteiger partial charge in [-0.15, -0.1) is 13.2 Å². The lowest BCUT2D eigenvalue weighted by Crippen LogP contribution is -2.56. The molecule has 0 aliphatic carbocycles. The number of hydrogen-bond donors (Lipinski definition) is 1. The average molecular weight is 530 g/mol. The summed E-state index contributed by atoms with van der Waals surface area (Å²) >= 11 is 6.09. The van der Waals surface area contributed by atoms with Crippen LogP contribution in [0.5, 0.6) is 0 Å². The van der Waals surface area contributed by atoms with Gasteiger partial charge in [-0.1, -0.05) is 23.8 Å². The fraction of sp³-hybridized carbons (Fsp3) is 0.536. The minimum atomic E-state index is -1.11. The van der Waals surface area contributed by atoms with Gasteiger partial charge in [0.1, 0.15) is 11.6 Å². The highest BCUT2D eigenvalue weighted by atomic mass is 35.5. The lowest BCUT2D eigenvalue weighted by Gasteiger charge is -2.37. The molecular weight excluding hydrogens is 494 g/mol. The van der Waals surface area contributed by atoms with Crippen LogP contribution in [0.2, 0.25) is 5.02 Å². The molecule has 3 aliphatic heterocycles. The van der Waals surface area contributed by atoms with Gasteiger partial charge in [-0.3, -0.25) is 14.4 Å². The number of aliphatic hydroxyl groups is 1. The van der Waals surface area contributed by atoms with Crippen molar-refractivity contribution in [2.75, 3.05) is 38.2 Å². The van der Waals surface area contributed by atoms with Gasteiger partial charge in [0.05, 0.1) is 17.4 Å². The Morgan fingerprint density at radius 2 is 1.84 bits per heavy atom. The van der Waals surface area contributed by atoms with Crippen molar-refractivity contribution in [2.24, 2.45) is 11.8 Å². The standard InChI is InChI=1S/C28H36ClN3O5/c1-5-15-30(4)24(34)21-22-25(35)32(17-7-8-18-33)23(28(22)14-13-27(21,3)37-28)26(36)31(16-6-2)20-11-9-19(29)10-12-20/h5-6,9-12,21-23,33H,1-2,7-8,13-18H2,3-4H3/t21-,22-,23?,27+,28?/m0/s1. The molecule has 0 radical (unpaired) electrons. The summed E-state index contributed by atoms with van der Waals surface area (Å²) in [6, 6.07) is 6.04. The Kier molecular flexibility index (Phi) is 7.83. The molecule has 0 saturated carbocycles. The molecule has 3 saturated heterocycles. The maximum atomic E-state index is 14.4. The van der Waals surface area contributed by atoms with E-state index in [0.29, 0.717) is 49.5 Å². The molecule has 3 fully saturated rings. The molecule has 8 nitrogen and oxygen atoms in total. The lowest BCUT2D eigenvalue weighted by molar-refractivity contribution is -0.149. The quantitative estimate of drug-likeness (QED) is 0.351. The molecule has 3 heterocycles. The number of aliphatic hydroxyl groups excluding tert-OH is 1. The molecule has 0 aromatic heterocycles. The van der Waals surface area contributed by atoms with Crippen LogP contribution in [0.25, 0.3) is 0 Å². The first kappa shape index (κ1) is 27.4. The molecule has 37 heavy (non-hydrogen) atoms. The summed E-state index contributed by atoms with van der Waals surface area (Å²) in [5.74, 6) is -2.14. The first-order valence-corrected chi connectivity index (χ1v) is 13.2. The Labute approximate surface area is 223 Å². The zero-order chi connectivity index (χ0) is 27.0. The molecule has 4 rings (SSSR count). The van der Waals surface area contributed by atoms with E-state index in [4.69, 9.17) is 16.3 Å². The highest BCUT2D eigenvalue weighted by Crippen LogP contribution is 2.63. The number of nitrogens with zero attached hydrogens (tertiary/aromatic N) is 3. The van der Waals surface area contributed by atoms with Gasteiger partial charge in [-0.25, -0.2) is 0 Å². The summed E-state index contributed by atoms with van der Waals surface area (Å²) < 4.78 is 6.68. The Balaban J connectivity index is 1.78. The van der Waals surface area contributed by atoms with Crippen molar-refractivity contribution in [3.8, 4) is 0 Å². The second-order valence-electron chi connectivity index (χ2n) is 10.4. The number of anilines is 1. The summed E-state index contributed by atoms with van der Waals surface area (Å²) in [5.41, 5.74) is -1.32. The molecule has 1 spiro atoms. The molecule has 9 heteroatoms. The smallest absolute Gasteiger partial charge is 0.253 e. The number of ether oxygens (including phenoxy) is 1. The van der Waals surface area contributed by atoms with Crippen molar-refractivity contribution < 1.29 is 24.2 Å². The topological polar surface area (TPSA) is 90.4 Å². The SMILES string of the molecule is C=CCN(C)C(=O)[C@@H]1[C@H]2C(=O)N(CCCCO)C(C(=O)N(CC=C)c3ccc(Cl)cc3)C23CC[C@@]1(C)O3. The first-order chi connectivity index (χ1) is 17.6. The van der Waals surface area contributed by atoms with Crippen LogP contribution in [0.1, 0.15) is 32.6 Å².